The zero-order valence-electron chi connectivity index (χ0n) is 16.8. The van der Waals surface area contributed by atoms with Gasteiger partial charge in [-0.05, 0) is 75.1 Å². The van der Waals surface area contributed by atoms with Crippen LogP contribution in [0.2, 0.25) is 0 Å². The van der Waals surface area contributed by atoms with Crippen molar-refractivity contribution in [2.45, 2.75) is 39.2 Å². The van der Waals surface area contributed by atoms with Crippen molar-refractivity contribution in [3.8, 4) is 5.69 Å². The quantitative estimate of drug-likeness (QED) is 0.563. The first kappa shape index (κ1) is 17.8. The van der Waals surface area contributed by atoms with Gasteiger partial charge in [0.25, 0.3) is 0 Å². The summed E-state index contributed by atoms with van der Waals surface area (Å²) in [5.74, 6) is 0.625. The van der Waals surface area contributed by atoms with Crippen LogP contribution in [-0.4, -0.2) is 31.5 Å². The van der Waals surface area contributed by atoms with Gasteiger partial charge < -0.3 is 9.88 Å². The number of aromatic amines is 1. The smallest absolute Gasteiger partial charge is 0.132 e. The lowest BCUT2D eigenvalue weighted by atomic mass is 9.97. The van der Waals surface area contributed by atoms with E-state index < -0.39 is 0 Å². The molecule has 2 aromatic heterocycles. The second kappa shape index (κ2) is 6.40. The Bertz CT molecular complexity index is 1160. The van der Waals surface area contributed by atoms with Crippen LogP contribution in [-0.2, 0) is 5.54 Å². The van der Waals surface area contributed by atoms with E-state index in [9.17, 15) is 4.39 Å². The van der Waals surface area contributed by atoms with Crippen LogP contribution in [0.15, 0.2) is 42.7 Å². The number of imidazole rings is 1. The largest absolute Gasteiger partial charge is 0.357 e. The van der Waals surface area contributed by atoms with Crippen LogP contribution in [0.4, 0.5) is 10.1 Å². The number of hydrogen-bond acceptors (Lipinski definition) is 4. The second-order valence-corrected chi connectivity index (χ2v) is 8.02. The summed E-state index contributed by atoms with van der Waals surface area (Å²) in [6.45, 7) is 7.18. The molecule has 6 nitrogen and oxygen atoms in total. The zero-order chi connectivity index (χ0) is 20.2. The van der Waals surface area contributed by atoms with E-state index in [4.69, 9.17) is 4.98 Å². The monoisotopic (exact) mass is 390 g/mol. The molecule has 148 valence electrons. The molecule has 1 aliphatic rings. The third-order valence-corrected chi connectivity index (χ3v) is 6.11. The maximum absolute atomic E-state index is 14.3. The molecule has 29 heavy (non-hydrogen) atoms. The van der Waals surface area contributed by atoms with Crippen molar-refractivity contribution < 1.29 is 4.39 Å². The Morgan fingerprint density at radius 3 is 2.59 bits per heavy atom. The van der Waals surface area contributed by atoms with Crippen molar-refractivity contribution >= 4 is 16.7 Å². The first-order valence-electron chi connectivity index (χ1n) is 9.87. The van der Waals surface area contributed by atoms with Gasteiger partial charge in [-0.25, -0.2) is 9.37 Å². The van der Waals surface area contributed by atoms with Crippen LogP contribution in [0.5, 0.6) is 0 Å². The van der Waals surface area contributed by atoms with Crippen LogP contribution in [0, 0.1) is 19.7 Å². The maximum Gasteiger partial charge on any atom is 0.132 e. The van der Waals surface area contributed by atoms with E-state index in [0.29, 0.717) is 0 Å². The minimum absolute atomic E-state index is 0.277. The summed E-state index contributed by atoms with van der Waals surface area (Å²) in [7, 11) is 0. The molecule has 0 saturated carbocycles. The third-order valence-electron chi connectivity index (χ3n) is 6.11. The van der Waals surface area contributed by atoms with Gasteiger partial charge in [0.15, 0.2) is 0 Å². The normalized spacial score (nSPS) is 19.4. The highest BCUT2D eigenvalue weighted by atomic mass is 19.1. The maximum atomic E-state index is 14.3. The molecule has 0 spiro atoms. The van der Waals surface area contributed by atoms with Gasteiger partial charge in [0, 0.05) is 6.54 Å². The fraction of sp³-hybridized carbons (Fsp3) is 0.318. The molecule has 1 aliphatic heterocycles. The van der Waals surface area contributed by atoms with Gasteiger partial charge in [0.05, 0.1) is 34.7 Å². The number of nitrogens with one attached hydrogen (secondary N) is 1. The number of hydrogen-bond donors (Lipinski definition) is 1. The highest BCUT2D eigenvalue weighted by Gasteiger charge is 2.42. The van der Waals surface area contributed by atoms with Crippen molar-refractivity contribution in [2.24, 2.45) is 0 Å². The number of aromatic nitrogens is 5. The summed E-state index contributed by atoms with van der Waals surface area (Å²) in [5, 5.41) is 8.51. The Morgan fingerprint density at radius 2 is 1.79 bits per heavy atom. The number of aryl methyl sites for hydroxylation is 2. The van der Waals surface area contributed by atoms with Gasteiger partial charge in [-0.15, -0.1) is 4.80 Å². The Hall–Kier alpha value is -3.22. The van der Waals surface area contributed by atoms with Crippen molar-refractivity contribution in [2.75, 3.05) is 11.4 Å². The van der Waals surface area contributed by atoms with E-state index in [2.05, 4.69) is 53.0 Å². The van der Waals surface area contributed by atoms with E-state index in [1.54, 1.807) is 29.3 Å². The molecular formula is C22H23FN6. The molecule has 7 heteroatoms. The lowest BCUT2D eigenvalue weighted by Crippen LogP contribution is -2.40. The highest BCUT2D eigenvalue weighted by Crippen LogP contribution is 2.43. The standard InChI is InChI=1S/C22H23FN6/c1-14-11-17-18(12-15(14)2)27-21(26-17)22(3)7-4-10-28(22)20-13-16(23)5-6-19(20)29-24-8-9-25-29/h5-6,8-9,11-13H,4,7,10H2,1-3H3,(H,26,27)/t22-/m0/s1. The van der Waals surface area contributed by atoms with Gasteiger partial charge in [-0.3, -0.25) is 0 Å². The first-order valence-corrected chi connectivity index (χ1v) is 9.87. The van der Waals surface area contributed by atoms with Gasteiger partial charge >= 0.3 is 0 Å². The SMILES string of the molecule is Cc1cc2nc([C@]3(C)CCCN3c3cc(F)ccc3-n3nccn3)[nH]c2cc1C. The molecule has 3 heterocycles. The fourth-order valence-electron chi connectivity index (χ4n) is 4.34. The minimum Gasteiger partial charge on any atom is -0.357 e. The number of H-pyrrole nitrogens is 1. The molecule has 0 amide bonds. The summed E-state index contributed by atoms with van der Waals surface area (Å²) >= 11 is 0. The molecule has 2 aromatic carbocycles. The van der Waals surface area contributed by atoms with E-state index >= 15 is 0 Å². The Labute approximate surface area is 168 Å². The molecule has 1 N–H and O–H groups in total. The average molecular weight is 390 g/mol. The van der Waals surface area contributed by atoms with Gasteiger partial charge in [-0.1, -0.05) is 0 Å². The van der Waals surface area contributed by atoms with Crippen molar-refractivity contribution in [1.29, 1.82) is 0 Å². The number of anilines is 1. The Morgan fingerprint density at radius 1 is 1.03 bits per heavy atom. The van der Waals surface area contributed by atoms with Gasteiger partial charge in [0.2, 0.25) is 0 Å². The number of rotatable bonds is 3. The van der Waals surface area contributed by atoms with Crippen LogP contribution in [0.3, 0.4) is 0 Å². The summed E-state index contributed by atoms with van der Waals surface area (Å²) in [6.07, 6.45) is 5.17. The predicted octanol–water partition coefficient (Wildman–Crippen LogP) is 4.42. The number of benzene rings is 2. The molecular weight excluding hydrogens is 367 g/mol. The molecule has 1 atom stereocenters. The van der Waals surface area contributed by atoms with Crippen molar-refractivity contribution in [3.05, 3.63) is 65.5 Å². The van der Waals surface area contributed by atoms with E-state index in [-0.39, 0.29) is 11.4 Å². The van der Waals surface area contributed by atoms with Crippen LogP contribution in [0.25, 0.3) is 16.7 Å². The van der Waals surface area contributed by atoms with Crippen LogP contribution < -0.4 is 4.90 Å². The fourth-order valence-corrected chi connectivity index (χ4v) is 4.34. The second-order valence-electron chi connectivity index (χ2n) is 8.02. The summed E-state index contributed by atoms with van der Waals surface area (Å²) in [5.41, 5.74) is 5.60. The van der Waals surface area contributed by atoms with Crippen molar-refractivity contribution in [3.63, 3.8) is 0 Å². The average Bonchev–Trinajstić information content (AvgIpc) is 3.42. The predicted molar refractivity (Wildman–Crippen MR) is 111 cm³/mol. The number of nitrogens with zero attached hydrogens (tertiary/aromatic N) is 5. The number of fused-ring (bicyclic) bond motifs is 1. The minimum atomic E-state index is -0.378. The van der Waals surface area contributed by atoms with Gasteiger partial charge in [0.1, 0.15) is 17.3 Å². The lowest BCUT2D eigenvalue weighted by Gasteiger charge is -2.36. The molecule has 1 saturated heterocycles. The zero-order valence-corrected chi connectivity index (χ0v) is 16.8. The molecule has 0 unspecified atom stereocenters. The number of halogens is 1. The lowest BCUT2D eigenvalue weighted by molar-refractivity contribution is 0.465. The Kier molecular flexibility index (Phi) is 3.94. The molecule has 4 aromatic rings. The molecule has 5 rings (SSSR count). The third kappa shape index (κ3) is 2.80. The molecule has 0 radical (unpaired) electrons. The summed E-state index contributed by atoms with van der Waals surface area (Å²) < 4.78 is 14.3. The van der Waals surface area contributed by atoms with Gasteiger partial charge in [-0.2, -0.15) is 10.2 Å². The van der Waals surface area contributed by atoms with Crippen LogP contribution in [0.1, 0.15) is 36.7 Å². The van der Waals surface area contributed by atoms with Crippen LogP contribution >= 0.6 is 0 Å². The molecule has 0 bridgehead atoms. The van der Waals surface area contributed by atoms with E-state index in [1.165, 1.54) is 17.2 Å². The summed E-state index contributed by atoms with van der Waals surface area (Å²) in [4.78, 5) is 12.2. The first-order chi connectivity index (χ1) is 14.0. The highest BCUT2D eigenvalue weighted by molar-refractivity contribution is 5.77. The Balaban J connectivity index is 1.65. The molecule has 0 aliphatic carbocycles. The molecule has 1 fully saturated rings. The van der Waals surface area contributed by atoms with E-state index in [0.717, 1.165) is 47.6 Å². The van der Waals surface area contributed by atoms with E-state index in [1.807, 2.05) is 0 Å². The van der Waals surface area contributed by atoms with Crippen molar-refractivity contribution in [1.82, 2.24) is 25.0 Å². The summed E-state index contributed by atoms with van der Waals surface area (Å²) in [6, 6.07) is 9.01. The topological polar surface area (TPSA) is 62.6 Å².